The normalized spacial score (nSPS) is 10.3. The van der Waals surface area contributed by atoms with Gasteiger partial charge in [-0.05, 0) is 19.9 Å². The van der Waals surface area contributed by atoms with Gasteiger partial charge in [-0.3, -0.25) is 0 Å². The Bertz CT molecular complexity index is 690. The Morgan fingerprint density at radius 3 is 2.83 bits per heavy atom. The topological polar surface area (TPSA) is 67.6 Å². The van der Waals surface area contributed by atoms with Gasteiger partial charge in [0.1, 0.15) is 18.1 Å². The van der Waals surface area contributed by atoms with E-state index in [0.717, 1.165) is 28.3 Å². The Morgan fingerprint density at radius 2 is 2.17 bits per heavy atom. The number of amides is 2. The van der Waals surface area contributed by atoms with Gasteiger partial charge in [0.15, 0.2) is 0 Å². The first kappa shape index (κ1) is 17.6. The second-order valence-corrected chi connectivity index (χ2v) is 5.52. The number of ether oxygens (including phenoxy) is 1. The first-order valence-electron chi connectivity index (χ1n) is 7.75. The van der Waals surface area contributed by atoms with Gasteiger partial charge < -0.3 is 19.5 Å². The van der Waals surface area contributed by atoms with Crippen molar-refractivity contribution in [2.45, 2.75) is 26.9 Å². The van der Waals surface area contributed by atoms with Gasteiger partial charge in [0.2, 0.25) is 0 Å². The third-order valence-corrected chi connectivity index (χ3v) is 3.68. The summed E-state index contributed by atoms with van der Waals surface area (Å²) in [7, 11) is 1.74. The zero-order valence-corrected chi connectivity index (χ0v) is 14.3. The minimum atomic E-state index is -0.173. The highest BCUT2D eigenvalue weighted by atomic mass is 16.5. The Kier molecular flexibility index (Phi) is 6.01. The van der Waals surface area contributed by atoms with Gasteiger partial charge in [-0.25, -0.2) is 4.79 Å². The molecule has 0 bridgehead atoms. The van der Waals surface area contributed by atoms with Crippen molar-refractivity contribution in [3.63, 3.8) is 0 Å². The monoisotopic (exact) mass is 329 g/mol. The van der Waals surface area contributed by atoms with Crippen LogP contribution in [0.25, 0.3) is 0 Å². The van der Waals surface area contributed by atoms with Crippen LogP contribution in [-0.2, 0) is 13.1 Å². The number of carbonyl (C=O) groups excluding carboxylic acids is 1. The summed E-state index contributed by atoms with van der Waals surface area (Å²) in [6.45, 7) is 8.61. The molecule has 0 saturated heterocycles. The van der Waals surface area contributed by atoms with E-state index in [1.807, 2.05) is 38.1 Å². The summed E-state index contributed by atoms with van der Waals surface area (Å²) in [6.07, 6.45) is 1.69. The molecule has 0 aliphatic rings. The lowest BCUT2D eigenvalue weighted by Gasteiger charge is -2.18. The predicted octanol–water partition coefficient (Wildman–Crippen LogP) is 3.20. The Hall–Kier alpha value is -2.76. The second-order valence-electron chi connectivity index (χ2n) is 5.52. The van der Waals surface area contributed by atoms with E-state index in [4.69, 9.17) is 9.26 Å². The zero-order valence-electron chi connectivity index (χ0n) is 14.3. The van der Waals surface area contributed by atoms with Crippen molar-refractivity contribution in [3.05, 3.63) is 59.5 Å². The zero-order chi connectivity index (χ0) is 17.5. The fourth-order valence-corrected chi connectivity index (χ4v) is 2.28. The van der Waals surface area contributed by atoms with E-state index < -0.39 is 0 Å². The van der Waals surface area contributed by atoms with Gasteiger partial charge in [0.25, 0.3) is 0 Å². The summed E-state index contributed by atoms with van der Waals surface area (Å²) in [5.74, 6) is 1.47. The van der Waals surface area contributed by atoms with E-state index in [0.29, 0.717) is 19.7 Å². The molecule has 2 aromatic rings. The smallest absolute Gasteiger partial charge is 0.317 e. The first-order valence-corrected chi connectivity index (χ1v) is 7.75. The van der Waals surface area contributed by atoms with Gasteiger partial charge in [-0.1, -0.05) is 36.0 Å². The molecule has 0 fully saturated rings. The molecule has 0 aliphatic heterocycles. The molecule has 0 unspecified atom stereocenters. The van der Waals surface area contributed by atoms with E-state index >= 15 is 0 Å². The molecule has 2 amide bonds. The van der Waals surface area contributed by atoms with E-state index in [1.165, 1.54) is 0 Å². The molecule has 6 heteroatoms. The van der Waals surface area contributed by atoms with Crippen LogP contribution >= 0.6 is 0 Å². The molecule has 0 saturated carbocycles. The fraction of sp³-hybridized carbons (Fsp3) is 0.333. The Labute approximate surface area is 142 Å². The molecular weight excluding hydrogens is 306 g/mol. The van der Waals surface area contributed by atoms with Gasteiger partial charge in [0, 0.05) is 24.7 Å². The third kappa shape index (κ3) is 4.38. The number of aryl methyl sites for hydroxylation is 2. The lowest BCUT2D eigenvalue weighted by atomic mass is 10.2. The summed E-state index contributed by atoms with van der Waals surface area (Å²) in [4.78, 5) is 13.9. The molecule has 0 atom stereocenters. The average molecular weight is 329 g/mol. The molecule has 1 N–H and O–H groups in total. The van der Waals surface area contributed by atoms with Crippen LogP contribution in [0.2, 0.25) is 0 Å². The van der Waals surface area contributed by atoms with Crippen LogP contribution in [0.4, 0.5) is 4.79 Å². The van der Waals surface area contributed by atoms with Gasteiger partial charge in [-0.15, -0.1) is 0 Å². The Morgan fingerprint density at radius 1 is 1.42 bits per heavy atom. The lowest BCUT2D eigenvalue weighted by molar-refractivity contribution is 0.206. The summed E-state index contributed by atoms with van der Waals surface area (Å²) in [5, 5.41) is 6.80. The molecule has 6 nitrogen and oxygen atoms in total. The summed E-state index contributed by atoms with van der Waals surface area (Å²) >= 11 is 0. The highest BCUT2D eigenvalue weighted by Gasteiger charge is 2.15. The van der Waals surface area contributed by atoms with Crippen molar-refractivity contribution >= 4 is 6.03 Å². The molecule has 0 aliphatic carbocycles. The molecule has 2 rings (SSSR count). The van der Waals surface area contributed by atoms with E-state index in [9.17, 15) is 4.79 Å². The molecule has 1 heterocycles. The largest absolute Gasteiger partial charge is 0.489 e. The summed E-state index contributed by atoms with van der Waals surface area (Å²) in [6, 6.07) is 7.43. The average Bonchev–Trinajstić information content (AvgIpc) is 2.90. The van der Waals surface area contributed by atoms with Crippen molar-refractivity contribution in [2.24, 2.45) is 0 Å². The van der Waals surface area contributed by atoms with Gasteiger partial charge in [-0.2, -0.15) is 0 Å². The molecule has 1 aromatic heterocycles. The number of carbonyl (C=O) groups is 1. The van der Waals surface area contributed by atoms with Crippen molar-refractivity contribution < 1.29 is 14.1 Å². The Balaban J connectivity index is 1.94. The van der Waals surface area contributed by atoms with Gasteiger partial charge >= 0.3 is 6.03 Å². The van der Waals surface area contributed by atoms with Crippen molar-refractivity contribution in [1.29, 1.82) is 0 Å². The highest BCUT2D eigenvalue weighted by Crippen LogP contribution is 2.18. The first-order chi connectivity index (χ1) is 11.5. The minimum absolute atomic E-state index is 0.173. The van der Waals surface area contributed by atoms with E-state index in [2.05, 4.69) is 17.1 Å². The molecular formula is C18H23N3O3. The maximum atomic E-state index is 12.3. The standard InChI is InChI=1S/C18H23N3O3/c1-5-10-23-17-9-7-6-8-15(17)11-19-18(22)21(4)12-16-13(2)20-24-14(16)3/h5-9H,1,10-12H2,2-4H3,(H,19,22). The number of hydrogen-bond donors (Lipinski definition) is 1. The maximum Gasteiger partial charge on any atom is 0.317 e. The van der Waals surface area contributed by atoms with Crippen LogP contribution in [0.15, 0.2) is 41.4 Å². The third-order valence-electron chi connectivity index (χ3n) is 3.68. The minimum Gasteiger partial charge on any atom is -0.489 e. The number of para-hydroxylation sites is 1. The lowest BCUT2D eigenvalue weighted by Crippen LogP contribution is -2.36. The molecule has 128 valence electrons. The van der Waals surface area contributed by atoms with Crippen LogP contribution in [0.5, 0.6) is 5.75 Å². The quantitative estimate of drug-likeness (QED) is 0.792. The molecule has 0 radical (unpaired) electrons. The number of nitrogens with zero attached hydrogens (tertiary/aromatic N) is 2. The van der Waals surface area contributed by atoms with Gasteiger partial charge in [0.05, 0.1) is 12.2 Å². The highest BCUT2D eigenvalue weighted by molar-refractivity contribution is 5.74. The van der Waals surface area contributed by atoms with Crippen LogP contribution in [0.1, 0.15) is 22.6 Å². The van der Waals surface area contributed by atoms with Crippen LogP contribution in [0, 0.1) is 13.8 Å². The molecule has 1 aromatic carbocycles. The SMILES string of the molecule is C=CCOc1ccccc1CNC(=O)N(C)Cc1c(C)noc1C. The van der Waals surface area contributed by atoms with Crippen LogP contribution in [0.3, 0.4) is 0 Å². The predicted molar refractivity (Wildman–Crippen MR) is 91.8 cm³/mol. The maximum absolute atomic E-state index is 12.3. The number of benzene rings is 1. The number of aromatic nitrogens is 1. The van der Waals surface area contributed by atoms with Crippen LogP contribution < -0.4 is 10.1 Å². The second kappa shape index (κ2) is 8.19. The van der Waals surface area contributed by atoms with E-state index in [-0.39, 0.29) is 6.03 Å². The fourth-order valence-electron chi connectivity index (χ4n) is 2.28. The molecule has 0 spiro atoms. The summed E-state index contributed by atoms with van der Waals surface area (Å²) in [5.41, 5.74) is 2.65. The number of rotatable bonds is 7. The summed E-state index contributed by atoms with van der Waals surface area (Å²) < 4.78 is 10.7. The van der Waals surface area contributed by atoms with Crippen LogP contribution in [-0.4, -0.2) is 29.7 Å². The number of hydrogen-bond acceptors (Lipinski definition) is 4. The van der Waals surface area contributed by atoms with Crippen molar-refractivity contribution in [3.8, 4) is 5.75 Å². The van der Waals surface area contributed by atoms with E-state index in [1.54, 1.807) is 18.0 Å². The molecule has 24 heavy (non-hydrogen) atoms. The van der Waals surface area contributed by atoms with Crippen molar-refractivity contribution in [2.75, 3.05) is 13.7 Å². The van der Waals surface area contributed by atoms with Crippen molar-refractivity contribution in [1.82, 2.24) is 15.4 Å². The number of urea groups is 1. The number of nitrogens with one attached hydrogen (secondary N) is 1.